The molecule has 0 saturated carbocycles. The fourth-order valence-corrected chi connectivity index (χ4v) is 0.914. The molecule has 0 aliphatic carbocycles. The van der Waals surface area contributed by atoms with Gasteiger partial charge >= 0.3 is 0 Å². The second-order valence-electron chi connectivity index (χ2n) is 2.09. The van der Waals surface area contributed by atoms with Crippen LogP contribution >= 0.6 is 11.6 Å². The van der Waals surface area contributed by atoms with Crippen LogP contribution in [0.1, 0.15) is 0 Å². The largest absolute Gasteiger partial charge is 1.00 e. The van der Waals surface area contributed by atoms with Crippen molar-refractivity contribution >= 4 is 11.6 Å². The molecule has 1 aromatic carbocycles. The van der Waals surface area contributed by atoms with E-state index in [1.807, 2.05) is 12.1 Å². The Bertz CT molecular complexity index is 230. The third-order valence-electron chi connectivity index (χ3n) is 1.18. The van der Waals surface area contributed by atoms with Crippen molar-refractivity contribution in [1.29, 1.82) is 0 Å². The monoisotopic (exact) mass is 206 g/mol. The average molecular weight is 207 g/mol. The van der Waals surface area contributed by atoms with Gasteiger partial charge < -0.3 is 22.9 Å². The summed E-state index contributed by atoms with van der Waals surface area (Å²) >= 11 is 5.71. The van der Waals surface area contributed by atoms with Gasteiger partial charge in [-0.15, -0.1) is 0 Å². The van der Waals surface area contributed by atoms with Gasteiger partial charge in [0.05, 0.1) is 0 Å². The molecule has 68 valence electrons. The first kappa shape index (κ1) is 11.6. The molecule has 0 radical (unpaired) electrons. The van der Waals surface area contributed by atoms with Gasteiger partial charge in [0.25, 0.3) is 0 Å². The van der Waals surface area contributed by atoms with Crippen LogP contribution in [0.25, 0.3) is 0 Å². The van der Waals surface area contributed by atoms with Gasteiger partial charge in [0.2, 0.25) is 0 Å². The summed E-state index contributed by atoms with van der Waals surface area (Å²) in [4.78, 5) is 0. The van der Waals surface area contributed by atoms with Crippen molar-refractivity contribution < 1.29 is 17.1 Å². The lowest BCUT2D eigenvalue weighted by atomic mass is 10.3. The van der Waals surface area contributed by atoms with Gasteiger partial charge in [-0.2, -0.15) is 0 Å². The molecule has 2 nitrogen and oxygen atoms in total. The summed E-state index contributed by atoms with van der Waals surface area (Å²) in [6, 6.07) is 7.25. The minimum Gasteiger partial charge on any atom is -1.00 e. The van der Waals surface area contributed by atoms with E-state index in [0.717, 1.165) is 5.75 Å². The second-order valence-corrected chi connectivity index (χ2v) is 2.53. The molecule has 0 aliphatic heterocycles. The number of nitrogens with two attached hydrogens (primary N) is 1. The van der Waals surface area contributed by atoms with Gasteiger partial charge in [-0.05, 0) is 18.2 Å². The molecule has 0 saturated heterocycles. The molecule has 4 heteroatoms. The van der Waals surface area contributed by atoms with E-state index >= 15 is 0 Å². The molecule has 0 aliphatic rings. The van der Waals surface area contributed by atoms with E-state index in [2.05, 4.69) is 0 Å². The Morgan fingerprint density at radius 3 is 2.75 bits per heavy atom. The molecule has 0 atom stereocenters. The summed E-state index contributed by atoms with van der Waals surface area (Å²) in [5.41, 5.74) is 5.26. The molecule has 12 heavy (non-hydrogen) atoms. The van der Waals surface area contributed by atoms with E-state index in [0.29, 0.717) is 18.2 Å². The fourth-order valence-electron chi connectivity index (χ4n) is 0.734. The van der Waals surface area contributed by atoms with Crippen molar-refractivity contribution in [3.05, 3.63) is 29.3 Å². The molecule has 0 spiro atoms. The zero-order valence-corrected chi connectivity index (χ0v) is 7.98. The number of hydrogen-bond donors (Lipinski definition) is 1. The van der Waals surface area contributed by atoms with E-state index in [1.165, 1.54) is 0 Å². The van der Waals surface area contributed by atoms with E-state index < -0.39 is 0 Å². The Morgan fingerprint density at radius 2 is 2.17 bits per heavy atom. The Morgan fingerprint density at radius 1 is 1.42 bits per heavy atom. The summed E-state index contributed by atoms with van der Waals surface area (Å²) in [5.74, 6) is 0.767. The summed E-state index contributed by atoms with van der Waals surface area (Å²) in [6.45, 7) is 1.05. The van der Waals surface area contributed by atoms with Crippen molar-refractivity contribution in [1.82, 2.24) is 0 Å². The van der Waals surface area contributed by atoms with Crippen molar-refractivity contribution in [3.8, 4) is 5.75 Å². The Balaban J connectivity index is 0.00000121. The standard InChI is InChI=1S/C8H10ClNO.ClH/c9-7-2-1-3-8(6-7)11-5-4-10;/h1-3,6H,4-5,10H2;1H/p-1. The highest BCUT2D eigenvalue weighted by Gasteiger charge is 1.92. The third kappa shape index (κ3) is 3.81. The highest BCUT2D eigenvalue weighted by atomic mass is 35.5. The van der Waals surface area contributed by atoms with E-state index in [9.17, 15) is 0 Å². The van der Waals surface area contributed by atoms with Gasteiger partial charge in [-0.3, -0.25) is 0 Å². The van der Waals surface area contributed by atoms with Gasteiger partial charge in [0, 0.05) is 11.6 Å². The molecule has 1 aromatic rings. The molecular formula is C8H10Cl2NO-. The lowest BCUT2D eigenvalue weighted by Gasteiger charge is -2.03. The van der Waals surface area contributed by atoms with Crippen molar-refractivity contribution in [2.24, 2.45) is 5.73 Å². The molecule has 0 bridgehead atoms. The first-order valence-corrected chi connectivity index (χ1v) is 3.79. The smallest absolute Gasteiger partial charge is 0.120 e. The second kappa shape index (κ2) is 6.12. The highest BCUT2D eigenvalue weighted by Crippen LogP contribution is 2.16. The first-order valence-electron chi connectivity index (χ1n) is 3.41. The number of rotatable bonds is 3. The van der Waals surface area contributed by atoms with Crippen molar-refractivity contribution in [2.75, 3.05) is 13.2 Å². The van der Waals surface area contributed by atoms with Crippen LogP contribution in [0.4, 0.5) is 0 Å². The lowest BCUT2D eigenvalue weighted by molar-refractivity contribution is -0.00000267. The number of ether oxygens (including phenoxy) is 1. The number of halogens is 2. The van der Waals surface area contributed by atoms with Gasteiger partial charge in [0.15, 0.2) is 0 Å². The Hall–Kier alpha value is -0.440. The normalized spacial score (nSPS) is 8.83. The van der Waals surface area contributed by atoms with Crippen LogP contribution < -0.4 is 22.9 Å². The summed E-state index contributed by atoms with van der Waals surface area (Å²) in [6.07, 6.45) is 0. The third-order valence-corrected chi connectivity index (χ3v) is 1.42. The zero-order valence-electron chi connectivity index (χ0n) is 6.47. The Kier molecular flexibility index (Phi) is 5.89. The molecule has 0 fully saturated rings. The predicted octanol–water partition coefficient (Wildman–Crippen LogP) is -1.32. The first-order chi connectivity index (χ1) is 5.33. The van der Waals surface area contributed by atoms with Gasteiger partial charge in [0.1, 0.15) is 12.4 Å². The van der Waals surface area contributed by atoms with Gasteiger partial charge in [-0.25, -0.2) is 0 Å². The topological polar surface area (TPSA) is 35.2 Å². The van der Waals surface area contributed by atoms with Crippen molar-refractivity contribution in [3.63, 3.8) is 0 Å². The summed E-state index contributed by atoms with van der Waals surface area (Å²) < 4.78 is 5.23. The maximum Gasteiger partial charge on any atom is 0.120 e. The van der Waals surface area contributed by atoms with E-state index in [4.69, 9.17) is 22.1 Å². The van der Waals surface area contributed by atoms with Crippen molar-refractivity contribution in [2.45, 2.75) is 0 Å². The molecule has 2 N–H and O–H groups in total. The molecule has 0 unspecified atom stereocenters. The molecule has 0 aromatic heterocycles. The Labute approximate surface area is 83.1 Å². The predicted molar refractivity (Wildman–Crippen MR) is 46.0 cm³/mol. The van der Waals surface area contributed by atoms with Crippen LogP contribution in [-0.2, 0) is 0 Å². The molecular weight excluding hydrogens is 197 g/mol. The van der Waals surface area contributed by atoms with Crippen LogP contribution in [0.3, 0.4) is 0 Å². The van der Waals surface area contributed by atoms with Crippen LogP contribution in [0.5, 0.6) is 5.75 Å². The maximum absolute atomic E-state index is 5.71. The molecule has 0 amide bonds. The van der Waals surface area contributed by atoms with Gasteiger partial charge in [-0.1, -0.05) is 17.7 Å². The SMILES string of the molecule is NCCOc1cccc(Cl)c1.[Cl-]. The summed E-state index contributed by atoms with van der Waals surface area (Å²) in [5, 5.41) is 0.680. The highest BCUT2D eigenvalue weighted by molar-refractivity contribution is 6.30. The maximum atomic E-state index is 5.71. The van der Waals surface area contributed by atoms with Crippen LogP contribution in [0, 0.1) is 0 Å². The van der Waals surface area contributed by atoms with Crippen LogP contribution in [0.15, 0.2) is 24.3 Å². The minimum atomic E-state index is 0. The zero-order chi connectivity index (χ0) is 8.10. The molecule has 0 heterocycles. The molecule has 1 rings (SSSR count). The van der Waals surface area contributed by atoms with Crippen LogP contribution in [-0.4, -0.2) is 13.2 Å². The van der Waals surface area contributed by atoms with E-state index in [1.54, 1.807) is 12.1 Å². The number of benzene rings is 1. The number of hydrogen-bond acceptors (Lipinski definition) is 2. The minimum absolute atomic E-state index is 0. The summed E-state index contributed by atoms with van der Waals surface area (Å²) in [7, 11) is 0. The van der Waals surface area contributed by atoms with E-state index in [-0.39, 0.29) is 12.4 Å². The van der Waals surface area contributed by atoms with Crippen LogP contribution in [0.2, 0.25) is 5.02 Å². The quantitative estimate of drug-likeness (QED) is 0.667. The fraction of sp³-hybridized carbons (Fsp3) is 0.250. The lowest BCUT2D eigenvalue weighted by Crippen LogP contribution is -3.00. The average Bonchev–Trinajstić information content (AvgIpc) is 2.01.